The first kappa shape index (κ1) is 18.9. The van der Waals surface area contributed by atoms with Gasteiger partial charge in [0.1, 0.15) is 5.69 Å². The molecular formula is C18H15Cl2N9O. The van der Waals surface area contributed by atoms with Gasteiger partial charge in [-0.25, -0.2) is 14.5 Å². The van der Waals surface area contributed by atoms with Gasteiger partial charge in [0.25, 0.3) is 0 Å². The zero-order chi connectivity index (χ0) is 21.0. The number of hydrogen-bond acceptors (Lipinski definition) is 7. The lowest BCUT2D eigenvalue weighted by molar-refractivity contribution is -0.117. The molecule has 10 nitrogen and oxygen atoms in total. The van der Waals surface area contributed by atoms with Crippen molar-refractivity contribution in [2.45, 2.75) is 31.6 Å². The molecule has 0 aliphatic heterocycles. The lowest BCUT2D eigenvalue weighted by atomic mass is 9.88. The molecule has 1 aliphatic carbocycles. The van der Waals surface area contributed by atoms with Gasteiger partial charge in [-0.2, -0.15) is 10.3 Å². The number of nitrogens with zero attached hydrogens (tertiary/aromatic N) is 7. The van der Waals surface area contributed by atoms with Crippen molar-refractivity contribution in [2.24, 2.45) is 0 Å². The van der Waals surface area contributed by atoms with E-state index in [0.29, 0.717) is 33.6 Å². The maximum atomic E-state index is 13.1. The van der Waals surface area contributed by atoms with Crippen molar-refractivity contribution < 1.29 is 4.79 Å². The van der Waals surface area contributed by atoms with Crippen LogP contribution in [0.4, 0.5) is 5.69 Å². The Morgan fingerprint density at radius 2 is 2.10 bits per heavy atom. The van der Waals surface area contributed by atoms with Crippen molar-refractivity contribution in [3.8, 4) is 11.5 Å². The van der Waals surface area contributed by atoms with Crippen LogP contribution in [-0.2, 0) is 10.2 Å². The van der Waals surface area contributed by atoms with Crippen molar-refractivity contribution in [1.29, 1.82) is 0 Å². The third-order valence-corrected chi connectivity index (χ3v) is 5.67. The summed E-state index contributed by atoms with van der Waals surface area (Å²) in [6, 6.07) is 3.30. The van der Waals surface area contributed by atoms with Gasteiger partial charge in [-0.05, 0) is 17.7 Å². The molecule has 5 rings (SSSR count). The second kappa shape index (κ2) is 6.71. The van der Waals surface area contributed by atoms with Gasteiger partial charge in [-0.15, -0.1) is 10.2 Å². The predicted molar refractivity (Wildman–Crippen MR) is 109 cm³/mol. The van der Waals surface area contributed by atoms with E-state index in [4.69, 9.17) is 23.2 Å². The van der Waals surface area contributed by atoms with Crippen LogP contribution in [0.1, 0.15) is 37.4 Å². The van der Waals surface area contributed by atoms with Crippen molar-refractivity contribution in [1.82, 2.24) is 40.2 Å². The lowest BCUT2D eigenvalue weighted by Gasteiger charge is -2.19. The van der Waals surface area contributed by atoms with E-state index in [2.05, 4.69) is 54.9 Å². The molecule has 152 valence electrons. The van der Waals surface area contributed by atoms with Crippen molar-refractivity contribution in [3.63, 3.8) is 0 Å². The van der Waals surface area contributed by atoms with Gasteiger partial charge in [0.05, 0.1) is 28.5 Å². The molecule has 4 aromatic heterocycles. The maximum Gasteiger partial charge on any atom is 0.232 e. The fraction of sp³-hybridized carbons (Fsp3) is 0.278. The molecule has 0 bridgehead atoms. The standard InChI is InChI=1S/C18H15Cl2N9O/c1-18(2)5-9(10-7-21-13-4-12(20)26-29(13)15(10)18)17(30)23-8-3-11(19)14(22-6-8)16-24-27-28-25-16/h3-4,6-7,9H,5H2,1-2H3,(H,23,30)(H,24,25,27,28). The van der Waals surface area contributed by atoms with E-state index in [1.54, 1.807) is 22.8 Å². The fourth-order valence-corrected chi connectivity index (χ4v) is 4.39. The summed E-state index contributed by atoms with van der Waals surface area (Å²) in [5, 5.41) is 21.5. The van der Waals surface area contributed by atoms with Crippen LogP contribution in [0.2, 0.25) is 10.2 Å². The highest BCUT2D eigenvalue weighted by molar-refractivity contribution is 6.33. The quantitative estimate of drug-likeness (QED) is 0.497. The number of nitrogens with one attached hydrogen (secondary N) is 2. The molecule has 0 fully saturated rings. The number of H-pyrrole nitrogens is 1. The summed E-state index contributed by atoms with van der Waals surface area (Å²) in [6.07, 6.45) is 3.84. The molecule has 0 radical (unpaired) electrons. The van der Waals surface area contributed by atoms with Crippen LogP contribution in [0.15, 0.2) is 24.5 Å². The minimum Gasteiger partial charge on any atom is -0.324 e. The normalized spacial score (nSPS) is 17.3. The molecular weight excluding hydrogens is 429 g/mol. The predicted octanol–water partition coefficient (Wildman–Crippen LogP) is 3.01. The monoisotopic (exact) mass is 443 g/mol. The molecule has 0 spiro atoms. The van der Waals surface area contributed by atoms with Crippen LogP contribution < -0.4 is 5.32 Å². The Labute approximate surface area is 180 Å². The molecule has 4 heterocycles. The second-order valence-electron chi connectivity index (χ2n) is 7.72. The summed E-state index contributed by atoms with van der Waals surface area (Å²) >= 11 is 12.4. The van der Waals surface area contributed by atoms with Crippen LogP contribution >= 0.6 is 23.2 Å². The Morgan fingerprint density at radius 3 is 2.83 bits per heavy atom. The Bertz CT molecular complexity index is 1280. The zero-order valence-corrected chi connectivity index (χ0v) is 17.4. The van der Waals surface area contributed by atoms with E-state index in [9.17, 15) is 4.79 Å². The number of hydrogen-bond donors (Lipinski definition) is 2. The fourth-order valence-electron chi connectivity index (χ4n) is 3.96. The lowest BCUT2D eigenvalue weighted by Crippen LogP contribution is -2.21. The number of carbonyl (C=O) groups is 1. The molecule has 1 atom stereocenters. The van der Waals surface area contributed by atoms with Gasteiger partial charge in [0.2, 0.25) is 11.7 Å². The number of tetrazole rings is 1. The molecule has 2 N–H and O–H groups in total. The van der Waals surface area contributed by atoms with E-state index in [-0.39, 0.29) is 17.1 Å². The van der Waals surface area contributed by atoms with Gasteiger partial charge in [-0.1, -0.05) is 37.0 Å². The molecule has 30 heavy (non-hydrogen) atoms. The number of fused-ring (bicyclic) bond motifs is 3. The number of halogens is 2. The Hall–Kier alpha value is -3.11. The summed E-state index contributed by atoms with van der Waals surface area (Å²) in [5.41, 5.74) is 2.97. The summed E-state index contributed by atoms with van der Waals surface area (Å²) < 4.78 is 1.73. The second-order valence-corrected chi connectivity index (χ2v) is 8.51. The summed E-state index contributed by atoms with van der Waals surface area (Å²) in [4.78, 5) is 21.8. The van der Waals surface area contributed by atoms with Crippen molar-refractivity contribution >= 4 is 40.4 Å². The third-order valence-electron chi connectivity index (χ3n) is 5.20. The van der Waals surface area contributed by atoms with Crippen LogP contribution in [0.5, 0.6) is 0 Å². The van der Waals surface area contributed by atoms with E-state index in [1.165, 1.54) is 6.20 Å². The number of amides is 1. The molecule has 0 saturated carbocycles. The highest BCUT2D eigenvalue weighted by Crippen LogP contribution is 2.46. The molecule has 1 aliphatic rings. The SMILES string of the molecule is CC1(C)CC(C(=O)Nc2cnc(-c3nn[nH]n3)c(Cl)c2)c2cnc3cc(Cl)nn3c21. The average Bonchev–Trinajstić information content (AvgIpc) is 3.39. The molecule has 12 heteroatoms. The highest BCUT2D eigenvalue weighted by atomic mass is 35.5. The molecule has 0 saturated heterocycles. The average molecular weight is 444 g/mol. The largest absolute Gasteiger partial charge is 0.324 e. The number of pyridine rings is 1. The third kappa shape index (κ3) is 2.99. The van der Waals surface area contributed by atoms with E-state index in [1.807, 2.05) is 0 Å². The number of aromatic nitrogens is 8. The van der Waals surface area contributed by atoms with Gasteiger partial charge >= 0.3 is 0 Å². The van der Waals surface area contributed by atoms with Crippen LogP contribution in [0, 0.1) is 0 Å². The Balaban J connectivity index is 1.46. The molecule has 0 aromatic carbocycles. The van der Waals surface area contributed by atoms with E-state index in [0.717, 1.165) is 11.3 Å². The Morgan fingerprint density at radius 1 is 1.27 bits per heavy atom. The molecule has 4 aromatic rings. The number of carbonyl (C=O) groups excluding carboxylic acids is 1. The van der Waals surface area contributed by atoms with Crippen LogP contribution in [0.25, 0.3) is 17.2 Å². The number of anilines is 1. The maximum absolute atomic E-state index is 13.1. The van der Waals surface area contributed by atoms with Crippen LogP contribution in [-0.4, -0.2) is 46.1 Å². The zero-order valence-electron chi connectivity index (χ0n) is 15.9. The molecule has 1 amide bonds. The minimum absolute atomic E-state index is 0.175. The first-order valence-electron chi connectivity index (χ1n) is 9.08. The smallest absolute Gasteiger partial charge is 0.232 e. The highest BCUT2D eigenvalue weighted by Gasteiger charge is 2.43. The summed E-state index contributed by atoms with van der Waals surface area (Å²) in [7, 11) is 0. The minimum atomic E-state index is -0.398. The van der Waals surface area contributed by atoms with E-state index >= 15 is 0 Å². The topological polar surface area (TPSA) is 127 Å². The Kier molecular flexibility index (Phi) is 4.23. The van der Waals surface area contributed by atoms with Crippen LogP contribution in [0.3, 0.4) is 0 Å². The van der Waals surface area contributed by atoms with Gasteiger partial charge in [0, 0.05) is 23.2 Å². The van der Waals surface area contributed by atoms with Crippen molar-refractivity contribution in [3.05, 3.63) is 46.0 Å². The molecule has 1 unspecified atom stereocenters. The summed E-state index contributed by atoms with van der Waals surface area (Å²) in [6.45, 7) is 4.15. The van der Waals surface area contributed by atoms with Gasteiger partial charge < -0.3 is 5.32 Å². The summed E-state index contributed by atoms with van der Waals surface area (Å²) in [5.74, 6) is -0.297. The first-order chi connectivity index (χ1) is 14.3. The van der Waals surface area contributed by atoms with E-state index < -0.39 is 5.92 Å². The first-order valence-corrected chi connectivity index (χ1v) is 9.84. The number of aromatic amines is 1. The van der Waals surface area contributed by atoms with Crippen molar-refractivity contribution in [2.75, 3.05) is 5.32 Å². The van der Waals surface area contributed by atoms with Gasteiger partial charge in [0.15, 0.2) is 10.8 Å². The number of rotatable bonds is 3. The van der Waals surface area contributed by atoms with Gasteiger partial charge in [-0.3, -0.25) is 4.79 Å².